The topological polar surface area (TPSA) is 59.1 Å². The first kappa shape index (κ1) is 12.3. The highest BCUT2D eigenvalue weighted by molar-refractivity contribution is 5.24. The number of nitrogens with one attached hydrogen (secondary N) is 2. The number of aromatic nitrogens is 2. The summed E-state index contributed by atoms with van der Waals surface area (Å²) in [5.41, 5.74) is 1.19. The molecule has 2 rings (SSSR count). The molecule has 0 amide bonds. The molecule has 2 heterocycles. The van der Waals surface area contributed by atoms with Crippen LogP contribution in [0.2, 0.25) is 0 Å². The summed E-state index contributed by atoms with van der Waals surface area (Å²) < 4.78 is 5.58. The van der Waals surface area contributed by atoms with Crippen molar-refractivity contribution in [2.24, 2.45) is 0 Å². The van der Waals surface area contributed by atoms with Gasteiger partial charge in [-0.3, -0.25) is 0 Å². The van der Waals surface area contributed by atoms with Crippen LogP contribution in [0.5, 0.6) is 0 Å². The van der Waals surface area contributed by atoms with Crippen LogP contribution in [0, 0.1) is 0 Å². The lowest BCUT2D eigenvalue weighted by molar-refractivity contribution is 0.0371. The highest BCUT2D eigenvalue weighted by Crippen LogP contribution is 2.04. The molecular formula is C12H20N4O. The van der Waals surface area contributed by atoms with Crippen LogP contribution in [0.1, 0.15) is 18.9 Å². The Balaban J connectivity index is 1.77. The summed E-state index contributed by atoms with van der Waals surface area (Å²) in [6.45, 7) is 5.52. The lowest BCUT2D eigenvalue weighted by Crippen LogP contribution is -2.42. The zero-order valence-corrected chi connectivity index (χ0v) is 10.3. The Kier molecular flexibility index (Phi) is 4.70. The molecule has 1 aliphatic heterocycles. The molecule has 1 aliphatic rings. The molecule has 0 aliphatic carbocycles. The normalized spacial score (nSPS) is 20.2. The Morgan fingerprint density at radius 1 is 1.47 bits per heavy atom. The Morgan fingerprint density at radius 2 is 2.29 bits per heavy atom. The molecular weight excluding hydrogens is 216 g/mol. The molecule has 17 heavy (non-hydrogen) atoms. The first-order valence-electron chi connectivity index (χ1n) is 6.25. The first-order chi connectivity index (χ1) is 8.38. The fourth-order valence-corrected chi connectivity index (χ4v) is 1.82. The Labute approximate surface area is 102 Å². The Bertz CT molecular complexity index is 322. The van der Waals surface area contributed by atoms with Gasteiger partial charge in [0.25, 0.3) is 0 Å². The molecule has 2 N–H and O–H groups in total. The van der Waals surface area contributed by atoms with Crippen molar-refractivity contribution in [3.05, 3.63) is 18.0 Å². The fourth-order valence-electron chi connectivity index (χ4n) is 1.82. The van der Waals surface area contributed by atoms with Gasteiger partial charge in [-0.1, -0.05) is 13.3 Å². The molecule has 0 saturated carbocycles. The van der Waals surface area contributed by atoms with Crippen LogP contribution in [-0.4, -0.2) is 42.3 Å². The van der Waals surface area contributed by atoms with Crippen molar-refractivity contribution in [2.75, 3.05) is 31.6 Å². The smallest absolute Gasteiger partial charge is 0.222 e. The summed E-state index contributed by atoms with van der Waals surface area (Å²) in [5.74, 6) is 0.680. The van der Waals surface area contributed by atoms with E-state index in [4.69, 9.17) is 4.74 Å². The van der Waals surface area contributed by atoms with Crippen LogP contribution < -0.4 is 10.6 Å². The van der Waals surface area contributed by atoms with Gasteiger partial charge in [0.05, 0.1) is 12.7 Å². The highest BCUT2D eigenvalue weighted by atomic mass is 16.5. The molecule has 5 nitrogen and oxygen atoms in total. The van der Waals surface area contributed by atoms with Crippen molar-refractivity contribution in [1.82, 2.24) is 15.3 Å². The molecule has 0 spiro atoms. The third-order valence-corrected chi connectivity index (χ3v) is 2.74. The monoisotopic (exact) mass is 236 g/mol. The van der Waals surface area contributed by atoms with E-state index in [9.17, 15) is 0 Å². The van der Waals surface area contributed by atoms with Crippen LogP contribution in [0.25, 0.3) is 0 Å². The number of ether oxygens (including phenoxy) is 1. The average Bonchev–Trinajstić information content (AvgIpc) is 2.40. The Hall–Kier alpha value is -1.20. The summed E-state index contributed by atoms with van der Waals surface area (Å²) >= 11 is 0. The van der Waals surface area contributed by atoms with E-state index >= 15 is 0 Å². The zero-order valence-electron chi connectivity index (χ0n) is 10.3. The summed E-state index contributed by atoms with van der Waals surface area (Å²) in [6, 6.07) is 0. The fraction of sp³-hybridized carbons (Fsp3) is 0.667. The van der Waals surface area contributed by atoms with E-state index < -0.39 is 0 Å². The van der Waals surface area contributed by atoms with Crippen LogP contribution in [0.3, 0.4) is 0 Å². The van der Waals surface area contributed by atoms with E-state index in [2.05, 4.69) is 27.5 Å². The molecule has 1 atom stereocenters. The van der Waals surface area contributed by atoms with E-state index in [-0.39, 0.29) is 6.10 Å². The number of anilines is 1. The van der Waals surface area contributed by atoms with E-state index in [1.54, 1.807) is 0 Å². The van der Waals surface area contributed by atoms with Crippen molar-refractivity contribution >= 4 is 5.95 Å². The highest BCUT2D eigenvalue weighted by Gasteiger charge is 2.12. The maximum atomic E-state index is 5.58. The number of nitrogens with zero attached hydrogens (tertiary/aromatic N) is 2. The van der Waals surface area contributed by atoms with Crippen LogP contribution in [-0.2, 0) is 11.2 Å². The standard InChI is InChI=1S/C12H20N4O/c1-2-3-10-6-14-12(15-7-10)16-9-11-8-13-4-5-17-11/h6-7,11,13H,2-5,8-9H2,1H3,(H,14,15,16). The number of hydrogen-bond donors (Lipinski definition) is 2. The molecule has 0 radical (unpaired) electrons. The number of rotatable bonds is 5. The summed E-state index contributed by atoms with van der Waals surface area (Å²) in [4.78, 5) is 8.57. The van der Waals surface area contributed by atoms with Crippen LogP contribution in [0.15, 0.2) is 12.4 Å². The SMILES string of the molecule is CCCc1cnc(NCC2CNCCO2)nc1. The van der Waals surface area contributed by atoms with Gasteiger partial charge in [-0.05, 0) is 12.0 Å². The van der Waals surface area contributed by atoms with E-state index in [1.165, 1.54) is 5.56 Å². The molecule has 1 aromatic heterocycles. The van der Waals surface area contributed by atoms with Crippen molar-refractivity contribution in [3.8, 4) is 0 Å². The van der Waals surface area contributed by atoms with Gasteiger partial charge in [0, 0.05) is 32.0 Å². The molecule has 1 unspecified atom stereocenters. The van der Waals surface area contributed by atoms with Crippen molar-refractivity contribution in [2.45, 2.75) is 25.9 Å². The number of morpholine rings is 1. The third-order valence-electron chi connectivity index (χ3n) is 2.74. The van der Waals surface area contributed by atoms with Crippen molar-refractivity contribution < 1.29 is 4.74 Å². The van der Waals surface area contributed by atoms with Gasteiger partial charge in [-0.15, -0.1) is 0 Å². The second-order valence-electron chi connectivity index (χ2n) is 4.24. The largest absolute Gasteiger partial charge is 0.374 e. The molecule has 94 valence electrons. The van der Waals surface area contributed by atoms with E-state index in [0.29, 0.717) is 5.95 Å². The lowest BCUT2D eigenvalue weighted by atomic mass is 10.2. The van der Waals surface area contributed by atoms with E-state index in [1.807, 2.05) is 12.4 Å². The summed E-state index contributed by atoms with van der Waals surface area (Å²) in [5, 5.41) is 6.49. The minimum atomic E-state index is 0.211. The van der Waals surface area contributed by atoms with Crippen LogP contribution in [0.4, 0.5) is 5.95 Å². The number of aryl methyl sites for hydroxylation is 1. The van der Waals surface area contributed by atoms with Crippen LogP contribution >= 0.6 is 0 Å². The Morgan fingerprint density at radius 3 is 2.94 bits per heavy atom. The molecule has 1 saturated heterocycles. The average molecular weight is 236 g/mol. The van der Waals surface area contributed by atoms with Gasteiger partial charge in [0.15, 0.2) is 0 Å². The molecule has 5 heteroatoms. The maximum absolute atomic E-state index is 5.58. The molecule has 0 aromatic carbocycles. The second kappa shape index (κ2) is 6.51. The molecule has 1 aromatic rings. The minimum Gasteiger partial charge on any atom is -0.374 e. The van der Waals surface area contributed by atoms with Gasteiger partial charge in [-0.2, -0.15) is 0 Å². The first-order valence-corrected chi connectivity index (χ1v) is 6.25. The minimum absolute atomic E-state index is 0.211. The van der Waals surface area contributed by atoms with Gasteiger partial charge in [0.1, 0.15) is 0 Å². The summed E-state index contributed by atoms with van der Waals surface area (Å²) in [6.07, 6.45) is 6.15. The molecule has 1 fully saturated rings. The van der Waals surface area contributed by atoms with Gasteiger partial charge < -0.3 is 15.4 Å². The predicted molar refractivity (Wildman–Crippen MR) is 67.1 cm³/mol. The summed E-state index contributed by atoms with van der Waals surface area (Å²) in [7, 11) is 0. The quantitative estimate of drug-likeness (QED) is 0.793. The zero-order chi connectivity index (χ0) is 11.9. The third kappa shape index (κ3) is 3.94. The van der Waals surface area contributed by atoms with Gasteiger partial charge >= 0.3 is 0 Å². The lowest BCUT2D eigenvalue weighted by Gasteiger charge is -2.23. The van der Waals surface area contributed by atoms with Gasteiger partial charge in [-0.25, -0.2) is 9.97 Å². The predicted octanol–water partition coefficient (Wildman–Crippen LogP) is 0.829. The number of hydrogen-bond acceptors (Lipinski definition) is 5. The van der Waals surface area contributed by atoms with Gasteiger partial charge in [0.2, 0.25) is 5.95 Å². The maximum Gasteiger partial charge on any atom is 0.222 e. The van der Waals surface area contributed by atoms with Crippen molar-refractivity contribution in [3.63, 3.8) is 0 Å². The second-order valence-corrected chi connectivity index (χ2v) is 4.24. The van der Waals surface area contributed by atoms with Crippen molar-refractivity contribution in [1.29, 1.82) is 0 Å². The van der Waals surface area contributed by atoms with E-state index in [0.717, 1.165) is 39.1 Å². The molecule has 0 bridgehead atoms.